The van der Waals surface area contributed by atoms with Crippen molar-refractivity contribution in [3.63, 3.8) is 0 Å². The molecule has 2 bridgehead atoms. The van der Waals surface area contributed by atoms with Gasteiger partial charge in [-0.15, -0.1) is 0 Å². The molecule has 0 saturated heterocycles. The minimum absolute atomic E-state index is 0.141. The van der Waals surface area contributed by atoms with E-state index in [1.165, 1.54) is 38.5 Å². The smallest absolute Gasteiger partial charge is 0.153 e. The molecule has 1 aromatic rings. The number of aromatic hydroxyl groups is 1. The fourth-order valence-electron chi connectivity index (χ4n) is 3.95. The maximum absolute atomic E-state index is 11.1. The number of carbonyl (C=O) groups excluding carboxylic acids is 1. The van der Waals surface area contributed by atoms with Gasteiger partial charge in [-0.3, -0.25) is 4.79 Å². The van der Waals surface area contributed by atoms with Crippen LogP contribution in [-0.2, 0) is 5.41 Å². The van der Waals surface area contributed by atoms with Crippen LogP contribution in [0.2, 0.25) is 0 Å². The largest absolute Gasteiger partial charge is 0.507 e. The van der Waals surface area contributed by atoms with Crippen LogP contribution in [0.25, 0.3) is 0 Å². The van der Waals surface area contributed by atoms with Crippen molar-refractivity contribution < 1.29 is 9.90 Å². The van der Waals surface area contributed by atoms with Crippen LogP contribution in [0.1, 0.15) is 60.0 Å². The SMILES string of the molecule is Cc1cc(C=O)c(O)c(C23CCC(CC2)CC3)c1. The molecule has 96 valence electrons. The molecule has 1 N–H and O–H groups in total. The molecule has 0 aliphatic heterocycles. The third kappa shape index (κ3) is 1.66. The van der Waals surface area contributed by atoms with Crippen molar-refractivity contribution in [2.75, 3.05) is 0 Å². The lowest BCUT2D eigenvalue weighted by atomic mass is 9.57. The van der Waals surface area contributed by atoms with E-state index in [4.69, 9.17) is 0 Å². The number of hydrogen-bond acceptors (Lipinski definition) is 2. The van der Waals surface area contributed by atoms with E-state index in [2.05, 4.69) is 6.07 Å². The van der Waals surface area contributed by atoms with E-state index in [1.807, 2.05) is 6.92 Å². The number of carbonyl (C=O) groups is 1. The van der Waals surface area contributed by atoms with Crippen LogP contribution >= 0.6 is 0 Å². The molecule has 3 aliphatic rings. The average Bonchev–Trinajstić information content (AvgIpc) is 2.43. The van der Waals surface area contributed by atoms with Gasteiger partial charge in [0.1, 0.15) is 5.75 Å². The fraction of sp³-hybridized carbons (Fsp3) is 0.562. The maximum Gasteiger partial charge on any atom is 0.153 e. The number of aryl methyl sites for hydroxylation is 1. The Labute approximate surface area is 108 Å². The molecular weight excluding hydrogens is 224 g/mol. The minimum atomic E-state index is 0.141. The Bertz CT molecular complexity index is 468. The molecule has 3 aliphatic carbocycles. The van der Waals surface area contributed by atoms with Crippen molar-refractivity contribution in [3.05, 3.63) is 28.8 Å². The third-order valence-electron chi connectivity index (χ3n) is 5.08. The molecule has 0 radical (unpaired) electrons. The molecule has 0 aromatic heterocycles. The van der Waals surface area contributed by atoms with E-state index in [0.29, 0.717) is 5.56 Å². The molecular formula is C16H20O2. The molecule has 18 heavy (non-hydrogen) atoms. The average molecular weight is 244 g/mol. The first-order chi connectivity index (χ1) is 8.64. The highest BCUT2D eigenvalue weighted by Gasteiger charge is 2.43. The molecule has 2 heteroatoms. The summed E-state index contributed by atoms with van der Waals surface area (Å²) in [6, 6.07) is 3.87. The van der Waals surface area contributed by atoms with Crippen LogP contribution in [0.4, 0.5) is 0 Å². The standard InChI is InChI=1S/C16H20O2/c1-11-8-13(10-17)15(18)14(9-11)16-5-2-12(3-6-16)4-7-16/h8-10,12,18H,2-7H2,1H3. The molecule has 0 heterocycles. The molecule has 0 amide bonds. The van der Waals surface area contributed by atoms with Crippen LogP contribution in [0, 0.1) is 12.8 Å². The summed E-state index contributed by atoms with van der Waals surface area (Å²) < 4.78 is 0. The van der Waals surface area contributed by atoms with Crippen LogP contribution in [-0.4, -0.2) is 11.4 Å². The van der Waals surface area contributed by atoms with Crippen LogP contribution in [0.5, 0.6) is 5.75 Å². The highest BCUT2D eigenvalue weighted by molar-refractivity contribution is 5.80. The first-order valence-corrected chi connectivity index (χ1v) is 6.94. The number of phenolic OH excluding ortho intramolecular Hbond substituents is 1. The molecule has 4 rings (SSSR count). The van der Waals surface area contributed by atoms with Crippen molar-refractivity contribution in [1.29, 1.82) is 0 Å². The minimum Gasteiger partial charge on any atom is -0.507 e. The van der Waals surface area contributed by atoms with Gasteiger partial charge in [0.05, 0.1) is 5.56 Å². The first kappa shape index (κ1) is 11.8. The van der Waals surface area contributed by atoms with E-state index in [-0.39, 0.29) is 11.2 Å². The number of aldehydes is 1. The lowest BCUT2D eigenvalue weighted by Crippen LogP contribution is -2.37. The third-order valence-corrected chi connectivity index (χ3v) is 5.08. The Balaban J connectivity index is 2.10. The Hall–Kier alpha value is -1.31. The van der Waals surface area contributed by atoms with Gasteiger partial charge in [0.15, 0.2) is 6.29 Å². The zero-order valence-corrected chi connectivity index (χ0v) is 10.9. The van der Waals surface area contributed by atoms with Gasteiger partial charge in [-0.2, -0.15) is 0 Å². The summed E-state index contributed by atoms with van der Waals surface area (Å²) >= 11 is 0. The van der Waals surface area contributed by atoms with Crippen molar-refractivity contribution in [2.24, 2.45) is 5.92 Å². The highest BCUT2D eigenvalue weighted by Crippen LogP contribution is 2.54. The van der Waals surface area contributed by atoms with Gasteiger partial charge in [-0.1, -0.05) is 6.07 Å². The summed E-state index contributed by atoms with van der Waals surface area (Å²) in [5.41, 5.74) is 2.70. The van der Waals surface area contributed by atoms with E-state index in [9.17, 15) is 9.90 Å². The normalized spacial score (nSPS) is 30.4. The molecule has 2 nitrogen and oxygen atoms in total. The topological polar surface area (TPSA) is 37.3 Å². The van der Waals surface area contributed by atoms with Crippen molar-refractivity contribution in [3.8, 4) is 5.75 Å². The number of benzene rings is 1. The predicted molar refractivity (Wildman–Crippen MR) is 71.1 cm³/mol. The van der Waals surface area contributed by atoms with Gasteiger partial charge in [0, 0.05) is 5.56 Å². The first-order valence-electron chi connectivity index (χ1n) is 6.94. The van der Waals surface area contributed by atoms with Crippen molar-refractivity contribution >= 4 is 6.29 Å². The lowest BCUT2D eigenvalue weighted by molar-refractivity contribution is 0.111. The summed E-state index contributed by atoms with van der Waals surface area (Å²) in [6.07, 6.45) is 8.14. The molecule has 0 spiro atoms. The van der Waals surface area contributed by atoms with E-state index in [1.54, 1.807) is 6.07 Å². The Morgan fingerprint density at radius 3 is 2.39 bits per heavy atom. The fourth-order valence-corrected chi connectivity index (χ4v) is 3.95. The molecule has 0 unspecified atom stereocenters. The summed E-state index contributed by atoms with van der Waals surface area (Å²) in [6.45, 7) is 2.00. The van der Waals surface area contributed by atoms with Gasteiger partial charge in [-0.05, 0) is 68.4 Å². The van der Waals surface area contributed by atoms with Crippen LogP contribution < -0.4 is 0 Å². The molecule has 1 aromatic carbocycles. The van der Waals surface area contributed by atoms with Crippen molar-refractivity contribution in [2.45, 2.75) is 50.9 Å². The van der Waals surface area contributed by atoms with Crippen LogP contribution in [0.3, 0.4) is 0 Å². The zero-order chi connectivity index (χ0) is 12.8. The second kappa shape index (κ2) is 4.11. The van der Waals surface area contributed by atoms with Crippen LogP contribution in [0.15, 0.2) is 12.1 Å². The van der Waals surface area contributed by atoms with E-state index >= 15 is 0 Å². The van der Waals surface area contributed by atoms with E-state index in [0.717, 1.165) is 23.3 Å². The second-order valence-corrected chi connectivity index (χ2v) is 6.13. The van der Waals surface area contributed by atoms with Crippen molar-refractivity contribution in [1.82, 2.24) is 0 Å². The molecule has 3 saturated carbocycles. The number of rotatable bonds is 2. The Morgan fingerprint density at radius 1 is 1.22 bits per heavy atom. The summed E-state index contributed by atoms with van der Waals surface area (Å²) in [5, 5.41) is 10.3. The Kier molecular flexibility index (Phi) is 2.69. The van der Waals surface area contributed by atoms with E-state index < -0.39 is 0 Å². The van der Waals surface area contributed by atoms with Gasteiger partial charge in [0.2, 0.25) is 0 Å². The predicted octanol–water partition coefficient (Wildman–Crippen LogP) is 3.73. The summed E-state index contributed by atoms with van der Waals surface area (Å²) in [5.74, 6) is 1.14. The summed E-state index contributed by atoms with van der Waals surface area (Å²) in [4.78, 5) is 11.1. The highest BCUT2D eigenvalue weighted by atomic mass is 16.3. The zero-order valence-electron chi connectivity index (χ0n) is 10.9. The quantitative estimate of drug-likeness (QED) is 0.805. The summed E-state index contributed by atoms with van der Waals surface area (Å²) in [7, 11) is 0. The molecule has 0 atom stereocenters. The lowest BCUT2D eigenvalue weighted by Gasteiger charge is -2.47. The monoisotopic (exact) mass is 244 g/mol. The van der Waals surface area contributed by atoms with Gasteiger partial charge >= 0.3 is 0 Å². The number of hydrogen-bond donors (Lipinski definition) is 1. The molecule has 3 fully saturated rings. The maximum atomic E-state index is 11.1. The number of phenols is 1. The van der Waals surface area contributed by atoms with Gasteiger partial charge < -0.3 is 5.11 Å². The van der Waals surface area contributed by atoms with Gasteiger partial charge in [0.25, 0.3) is 0 Å². The van der Waals surface area contributed by atoms with Gasteiger partial charge in [-0.25, -0.2) is 0 Å². The number of fused-ring (bicyclic) bond motifs is 3. The Morgan fingerprint density at radius 2 is 1.83 bits per heavy atom. The second-order valence-electron chi connectivity index (χ2n) is 6.13.